The number of fused-ring (bicyclic) bond motifs is 1. The monoisotopic (exact) mass is 478 g/mol. The van der Waals surface area contributed by atoms with Crippen molar-refractivity contribution < 1.29 is 14.3 Å². The lowest BCUT2D eigenvalue weighted by Gasteiger charge is -2.17. The normalized spacial score (nSPS) is 10.7. The van der Waals surface area contributed by atoms with Gasteiger partial charge in [0.2, 0.25) is 18.3 Å². The number of aryl methyl sites for hydroxylation is 1. The Bertz CT molecular complexity index is 1320. The second-order valence-corrected chi connectivity index (χ2v) is 7.95. The number of imidazole rings is 1. The maximum Gasteiger partial charge on any atom is 0.216 e. The van der Waals surface area contributed by atoms with Crippen molar-refractivity contribution in [2.24, 2.45) is 7.05 Å². The smallest absolute Gasteiger partial charge is 0.216 e. The maximum atomic E-state index is 11.5. The third-order valence-electron chi connectivity index (χ3n) is 5.05. The molecule has 4 aromatic rings. The van der Waals surface area contributed by atoms with Gasteiger partial charge in [-0.25, -0.2) is 9.97 Å². The van der Waals surface area contributed by atoms with E-state index >= 15 is 0 Å². The Morgan fingerprint density at radius 1 is 1.15 bits per heavy atom. The number of aromatic nitrogens is 3. The minimum absolute atomic E-state index is 0.160. The molecule has 2 aromatic heterocycles. The van der Waals surface area contributed by atoms with E-state index in [0.29, 0.717) is 47.8 Å². The molecule has 0 spiro atoms. The minimum atomic E-state index is -0.160. The highest BCUT2D eigenvalue weighted by Gasteiger charge is 2.12. The Balaban J connectivity index is 1.51. The SMILES string of the molecule is CC(=O)NCCN(C=O)c1cc(Oc2ccc3c(c2)nc(Nc2ccc(Cl)cc2)n3C)ccn1. The highest BCUT2D eigenvalue weighted by atomic mass is 35.5. The number of benzene rings is 2. The van der Waals surface area contributed by atoms with Gasteiger partial charge in [0, 0.05) is 56.1 Å². The zero-order valence-electron chi connectivity index (χ0n) is 18.7. The largest absolute Gasteiger partial charge is 0.457 e. The Morgan fingerprint density at radius 2 is 1.91 bits per heavy atom. The summed E-state index contributed by atoms with van der Waals surface area (Å²) in [4.78, 5) is 32.9. The third kappa shape index (κ3) is 5.44. The lowest BCUT2D eigenvalue weighted by atomic mass is 10.3. The van der Waals surface area contributed by atoms with Crippen LogP contribution in [0.3, 0.4) is 0 Å². The summed E-state index contributed by atoms with van der Waals surface area (Å²) >= 11 is 5.96. The summed E-state index contributed by atoms with van der Waals surface area (Å²) in [5.41, 5.74) is 2.57. The van der Waals surface area contributed by atoms with Crippen LogP contribution in [0.25, 0.3) is 11.0 Å². The van der Waals surface area contributed by atoms with Crippen molar-refractivity contribution in [3.05, 3.63) is 65.8 Å². The van der Waals surface area contributed by atoms with E-state index in [1.54, 1.807) is 18.3 Å². The molecule has 0 saturated carbocycles. The molecule has 2 heterocycles. The topological polar surface area (TPSA) is 101 Å². The molecule has 0 aliphatic heterocycles. The zero-order valence-corrected chi connectivity index (χ0v) is 19.4. The van der Waals surface area contributed by atoms with Crippen LogP contribution in [0, 0.1) is 0 Å². The first-order valence-corrected chi connectivity index (χ1v) is 10.9. The van der Waals surface area contributed by atoms with E-state index in [1.807, 2.05) is 54.1 Å². The van der Waals surface area contributed by atoms with Crippen molar-refractivity contribution in [2.45, 2.75) is 6.92 Å². The molecule has 4 rings (SSSR count). The standard InChI is InChI=1S/C24H23ClN6O3/c1-16(33)26-11-12-31(15-32)23-14-20(9-10-27-23)34-19-7-8-22-21(13-19)29-24(30(22)2)28-18-5-3-17(25)4-6-18/h3-10,13-15H,11-12H2,1-2H3,(H,26,33)(H,28,29). The number of nitrogens with one attached hydrogen (secondary N) is 2. The van der Waals surface area contributed by atoms with Gasteiger partial charge in [-0.2, -0.15) is 0 Å². The van der Waals surface area contributed by atoms with Gasteiger partial charge in [-0.05, 0) is 42.5 Å². The van der Waals surface area contributed by atoms with Gasteiger partial charge in [0.15, 0.2) is 0 Å². The number of pyridine rings is 1. The Labute approximate surface area is 201 Å². The predicted octanol–water partition coefficient (Wildman–Crippen LogP) is 4.26. The lowest BCUT2D eigenvalue weighted by molar-refractivity contribution is -0.119. The van der Waals surface area contributed by atoms with Crippen molar-refractivity contribution in [3.63, 3.8) is 0 Å². The van der Waals surface area contributed by atoms with Gasteiger partial charge in [-0.15, -0.1) is 0 Å². The summed E-state index contributed by atoms with van der Waals surface area (Å²) in [7, 11) is 1.93. The van der Waals surface area contributed by atoms with Crippen molar-refractivity contribution >= 4 is 52.4 Å². The van der Waals surface area contributed by atoms with E-state index in [0.717, 1.165) is 16.7 Å². The summed E-state index contributed by atoms with van der Waals surface area (Å²) in [5.74, 6) is 2.06. The predicted molar refractivity (Wildman–Crippen MR) is 132 cm³/mol. The maximum absolute atomic E-state index is 11.5. The van der Waals surface area contributed by atoms with Gasteiger partial charge < -0.3 is 19.9 Å². The molecule has 0 saturated heterocycles. The van der Waals surface area contributed by atoms with Gasteiger partial charge in [0.05, 0.1) is 11.0 Å². The van der Waals surface area contributed by atoms with Crippen LogP contribution in [0.1, 0.15) is 6.92 Å². The number of carbonyl (C=O) groups is 2. The molecule has 10 heteroatoms. The van der Waals surface area contributed by atoms with E-state index < -0.39 is 0 Å². The van der Waals surface area contributed by atoms with E-state index in [-0.39, 0.29) is 5.91 Å². The molecular weight excluding hydrogens is 456 g/mol. The number of halogens is 1. The van der Waals surface area contributed by atoms with Crippen LogP contribution in [-0.2, 0) is 16.6 Å². The van der Waals surface area contributed by atoms with Gasteiger partial charge in [0.1, 0.15) is 17.3 Å². The molecule has 0 fully saturated rings. The summed E-state index contributed by atoms with van der Waals surface area (Å²) < 4.78 is 7.96. The first kappa shape index (κ1) is 23.1. The van der Waals surface area contributed by atoms with Gasteiger partial charge in [-0.1, -0.05) is 11.6 Å². The molecule has 0 bridgehead atoms. The molecule has 2 amide bonds. The minimum Gasteiger partial charge on any atom is -0.457 e. The molecule has 0 unspecified atom stereocenters. The number of anilines is 3. The number of ether oxygens (including phenoxy) is 1. The molecule has 9 nitrogen and oxygen atoms in total. The molecule has 174 valence electrons. The van der Waals surface area contributed by atoms with Crippen molar-refractivity contribution in [2.75, 3.05) is 23.3 Å². The van der Waals surface area contributed by atoms with Crippen LogP contribution in [0.2, 0.25) is 5.02 Å². The quantitative estimate of drug-likeness (QED) is 0.349. The Hall–Kier alpha value is -4.11. The van der Waals surface area contributed by atoms with Crippen LogP contribution in [0.15, 0.2) is 60.8 Å². The molecule has 0 aliphatic rings. The van der Waals surface area contributed by atoms with Crippen LogP contribution in [0.4, 0.5) is 17.5 Å². The summed E-state index contributed by atoms with van der Waals surface area (Å²) in [6, 6.07) is 16.4. The average Bonchev–Trinajstić information content (AvgIpc) is 3.12. The number of carbonyl (C=O) groups excluding carboxylic acids is 2. The van der Waals surface area contributed by atoms with Crippen LogP contribution in [0.5, 0.6) is 11.5 Å². The highest BCUT2D eigenvalue weighted by Crippen LogP contribution is 2.29. The van der Waals surface area contributed by atoms with E-state index in [4.69, 9.17) is 16.3 Å². The molecule has 2 N–H and O–H groups in total. The van der Waals surface area contributed by atoms with Crippen molar-refractivity contribution in [1.82, 2.24) is 19.9 Å². The zero-order chi connectivity index (χ0) is 24.1. The Morgan fingerprint density at radius 3 is 2.65 bits per heavy atom. The fourth-order valence-corrected chi connectivity index (χ4v) is 3.47. The van der Waals surface area contributed by atoms with Gasteiger partial charge >= 0.3 is 0 Å². The number of rotatable bonds is 9. The van der Waals surface area contributed by atoms with E-state index in [2.05, 4.69) is 20.6 Å². The number of nitrogens with zero attached hydrogens (tertiary/aromatic N) is 4. The summed E-state index contributed by atoms with van der Waals surface area (Å²) in [5, 5.41) is 6.61. The first-order valence-electron chi connectivity index (χ1n) is 10.5. The van der Waals surface area contributed by atoms with Gasteiger partial charge in [-0.3, -0.25) is 14.5 Å². The summed E-state index contributed by atoms with van der Waals surface area (Å²) in [6.07, 6.45) is 2.23. The van der Waals surface area contributed by atoms with Crippen molar-refractivity contribution in [3.8, 4) is 11.5 Å². The van der Waals surface area contributed by atoms with E-state index in [9.17, 15) is 9.59 Å². The highest BCUT2D eigenvalue weighted by molar-refractivity contribution is 6.30. The number of hydrogen-bond donors (Lipinski definition) is 2. The second-order valence-electron chi connectivity index (χ2n) is 7.51. The summed E-state index contributed by atoms with van der Waals surface area (Å²) in [6.45, 7) is 2.04. The fraction of sp³-hybridized carbons (Fsp3) is 0.167. The fourth-order valence-electron chi connectivity index (χ4n) is 3.35. The number of amides is 2. The molecule has 0 radical (unpaired) electrons. The van der Waals surface area contributed by atoms with E-state index in [1.165, 1.54) is 11.8 Å². The third-order valence-corrected chi connectivity index (χ3v) is 5.31. The van der Waals surface area contributed by atoms with Crippen LogP contribution in [-0.4, -0.2) is 39.9 Å². The molecule has 0 atom stereocenters. The molecule has 34 heavy (non-hydrogen) atoms. The Kier molecular flexibility index (Phi) is 6.93. The first-order chi connectivity index (χ1) is 16.4. The average molecular weight is 479 g/mol. The second kappa shape index (κ2) is 10.2. The van der Waals surface area contributed by atoms with Gasteiger partial charge in [0.25, 0.3) is 0 Å². The van der Waals surface area contributed by atoms with Crippen molar-refractivity contribution in [1.29, 1.82) is 0 Å². The molecule has 2 aromatic carbocycles. The molecule has 0 aliphatic carbocycles. The lowest BCUT2D eigenvalue weighted by Crippen LogP contribution is -2.33. The molecular formula is C24H23ClN6O3. The number of hydrogen-bond acceptors (Lipinski definition) is 6. The van der Waals surface area contributed by atoms with Crippen LogP contribution < -0.4 is 20.3 Å². The van der Waals surface area contributed by atoms with Crippen LogP contribution >= 0.6 is 11.6 Å².